The number of rotatable bonds is 5. The summed E-state index contributed by atoms with van der Waals surface area (Å²) in [6, 6.07) is 5.46. The van der Waals surface area contributed by atoms with Crippen LogP contribution in [0.2, 0.25) is 0 Å². The first-order chi connectivity index (χ1) is 10.9. The summed E-state index contributed by atoms with van der Waals surface area (Å²) in [4.78, 5) is 14.1. The monoisotopic (exact) mass is 339 g/mol. The van der Waals surface area contributed by atoms with Gasteiger partial charge in [-0.3, -0.25) is 4.79 Å². The van der Waals surface area contributed by atoms with E-state index in [0.717, 1.165) is 11.1 Å². The van der Waals surface area contributed by atoms with Crippen molar-refractivity contribution in [1.29, 1.82) is 0 Å². The Balaban J connectivity index is 2.07. The molecule has 1 aliphatic rings. The third-order valence-electron chi connectivity index (χ3n) is 4.14. The predicted octanol–water partition coefficient (Wildman–Crippen LogP) is 0.746. The van der Waals surface area contributed by atoms with Crippen LogP contribution in [0.15, 0.2) is 23.1 Å². The minimum absolute atomic E-state index is 0.0723. The fraction of sp³-hybridized carbons (Fsp3) is 0.562. The highest BCUT2D eigenvalue weighted by atomic mass is 32.2. The molecular weight excluding hydrogens is 314 g/mol. The molecule has 1 N–H and O–H groups in total. The normalized spacial score (nSPS) is 16.6. The van der Waals surface area contributed by atoms with Gasteiger partial charge in [-0.2, -0.15) is 4.31 Å². The van der Waals surface area contributed by atoms with Crippen LogP contribution in [0, 0.1) is 13.8 Å². The highest BCUT2D eigenvalue weighted by molar-refractivity contribution is 7.89. The third-order valence-corrected chi connectivity index (χ3v) is 6.18. The van der Waals surface area contributed by atoms with E-state index < -0.39 is 10.0 Å². The van der Waals surface area contributed by atoms with Gasteiger partial charge in [-0.15, -0.1) is 0 Å². The van der Waals surface area contributed by atoms with Crippen molar-refractivity contribution in [3.05, 3.63) is 29.3 Å². The number of hydrogen-bond acceptors (Lipinski definition) is 4. The van der Waals surface area contributed by atoms with E-state index in [0.29, 0.717) is 44.0 Å². The molecule has 0 unspecified atom stereocenters. The molecule has 1 aromatic rings. The van der Waals surface area contributed by atoms with E-state index in [2.05, 4.69) is 5.32 Å². The lowest BCUT2D eigenvalue weighted by atomic mass is 10.2. The molecule has 0 spiro atoms. The van der Waals surface area contributed by atoms with Crippen LogP contribution >= 0.6 is 0 Å². The van der Waals surface area contributed by atoms with Gasteiger partial charge in [0, 0.05) is 39.1 Å². The molecule has 1 aliphatic heterocycles. The van der Waals surface area contributed by atoms with E-state index in [-0.39, 0.29) is 5.91 Å². The van der Waals surface area contributed by atoms with Gasteiger partial charge in [0.1, 0.15) is 0 Å². The molecule has 0 saturated carbocycles. The summed E-state index contributed by atoms with van der Waals surface area (Å²) in [5.41, 5.74) is 1.68. The molecule has 1 amide bonds. The zero-order chi connectivity index (χ0) is 17.0. The topological polar surface area (TPSA) is 69.7 Å². The van der Waals surface area contributed by atoms with Crippen LogP contribution in [0.3, 0.4) is 0 Å². The summed E-state index contributed by atoms with van der Waals surface area (Å²) < 4.78 is 27.1. The Labute approximate surface area is 138 Å². The number of hydrogen-bond donors (Lipinski definition) is 1. The maximum atomic E-state index is 12.8. The summed E-state index contributed by atoms with van der Waals surface area (Å²) >= 11 is 0. The lowest BCUT2D eigenvalue weighted by Gasteiger charge is -2.34. The largest absolute Gasteiger partial charge is 0.340 e. The molecule has 1 heterocycles. The number of piperazine rings is 1. The third kappa shape index (κ3) is 4.10. The zero-order valence-electron chi connectivity index (χ0n) is 14.0. The fourth-order valence-electron chi connectivity index (χ4n) is 2.69. The van der Waals surface area contributed by atoms with Crippen LogP contribution in [-0.2, 0) is 14.8 Å². The first-order valence-electron chi connectivity index (χ1n) is 7.86. The van der Waals surface area contributed by atoms with E-state index in [4.69, 9.17) is 0 Å². The van der Waals surface area contributed by atoms with Crippen LogP contribution in [0.4, 0.5) is 0 Å². The number of benzene rings is 1. The quantitative estimate of drug-likeness (QED) is 0.859. The van der Waals surface area contributed by atoms with Crippen molar-refractivity contribution in [2.45, 2.75) is 25.2 Å². The van der Waals surface area contributed by atoms with Gasteiger partial charge in [0.2, 0.25) is 15.9 Å². The zero-order valence-corrected chi connectivity index (χ0v) is 14.8. The molecule has 23 heavy (non-hydrogen) atoms. The highest BCUT2D eigenvalue weighted by Crippen LogP contribution is 2.22. The van der Waals surface area contributed by atoms with Crippen molar-refractivity contribution in [2.24, 2.45) is 0 Å². The molecule has 0 aliphatic carbocycles. The molecule has 0 radical (unpaired) electrons. The second-order valence-corrected chi connectivity index (χ2v) is 7.81. The summed E-state index contributed by atoms with van der Waals surface area (Å²) in [5, 5.41) is 2.95. The van der Waals surface area contributed by atoms with Crippen molar-refractivity contribution < 1.29 is 13.2 Å². The molecule has 1 aromatic carbocycles. The van der Waals surface area contributed by atoms with E-state index in [1.807, 2.05) is 33.0 Å². The molecule has 128 valence electrons. The summed E-state index contributed by atoms with van der Waals surface area (Å²) in [6.07, 6.45) is 0.445. The van der Waals surface area contributed by atoms with Crippen LogP contribution in [-0.4, -0.2) is 63.3 Å². The van der Waals surface area contributed by atoms with Gasteiger partial charge in [0.25, 0.3) is 0 Å². The van der Waals surface area contributed by atoms with Gasteiger partial charge < -0.3 is 10.2 Å². The number of carbonyl (C=O) groups is 1. The van der Waals surface area contributed by atoms with Gasteiger partial charge in [-0.1, -0.05) is 12.1 Å². The van der Waals surface area contributed by atoms with Gasteiger partial charge in [-0.05, 0) is 38.1 Å². The van der Waals surface area contributed by atoms with E-state index in [9.17, 15) is 13.2 Å². The van der Waals surface area contributed by atoms with Crippen LogP contribution < -0.4 is 5.32 Å². The van der Waals surface area contributed by atoms with Gasteiger partial charge in [-0.25, -0.2) is 8.42 Å². The molecule has 0 bridgehead atoms. The lowest BCUT2D eigenvalue weighted by molar-refractivity contribution is -0.132. The average Bonchev–Trinajstić information content (AvgIpc) is 2.54. The van der Waals surface area contributed by atoms with Crippen molar-refractivity contribution in [3.63, 3.8) is 0 Å². The van der Waals surface area contributed by atoms with Crippen LogP contribution in [0.25, 0.3) is 0 Å². The van der Waals surface area contributed by atoms with E-state index in [1.165, 1.54) is 4.31 Å². The average molecular weight is 339 g/mol. The van der Waals surface area contributed by atoms with Crippen LogP contribution in [0.5, 0.6) is 0 Å². The Morgan fingerprint density at radius 3 is 2.43 bits per heavy atom. The predicted molar refractivity (Wildman–Crippen MR) is 89.8 cm³/mol. The molecular formula is C16H25N3O3S. The summed E-state index contributed by atoms with van der Waals surface area (Å²) in [5.74, 6) is 0.0723. The van der Waals surface area contributed by atoms with Gasteiger partial charge in [0.05, 0.1) is 4.90 Å². The van der Waals surface area contributed by atoms with Crippen molar-refractivity contribution in [2.75, 3.05) is 39.8 Å². The molecule has 0 aromatic heterocycles. The fourth-order valence-corrected chi connectivity index (χ4v) is 4.42. The first-order valence-corrected chi connectivity index (χ1v) is 9.30. The SMILES string of the molecule is CNCCC(=O)N1CCN(S(=O)(=O)c2cc(C)ccc2C)CC1. The lowest BCUT2D eigenvalue weighted by Crippen LogP contribution is -2.50. The number of carbonyl (C=O) groups excluding carboxylic acids is 1. The van der Waals surface area contributed by atoms with E-state index >= 15 is 0 Å². The Kier molecular flexibility index (Phi) is 5.78. The molecule has 0 atom stereocenters. The molecule has 2 rings (SSSR count). The Hall–Kier alpha value is -1.44. The first kappa shape index (κ1) is 17.9. The Morgan fingerprint density at radius 1 is 1.17 bits per heavy atom. The molecule has 6 nitrogen and oxygen atoms in total. The van der Waals surface area contributed by atoms with Crippen LogP contribution in [0.1, 0.15) is 17.5 Å². The summed E-state index contributed by atoms with van der Waals surface area (Å²) in [6.45, 7) is 5.93. The Bertz CT molecular complexity index is 665. The molecule has 1 fully saturated rings. The maximum absolute atomic E-state index is 12.8. The maximum Gasteiger partial charge on any atom is 0.243 e. The number of amides is 1. The summed E-state index contributed by atoms with van der Waals surface area (Å²) in [7, 11) is -1.69. The van der Waals surface area contributed by atoms with Gasteiger partial charge in [0.15, 0.2) is 0 Å². The van der Waals surface area contributed by atoms with Crippen molar-refractivity contribution >= 4 is 15.9 Å². The second kappa shape index (κ2) is 7.42. The number of nitrogens with zero attached hydrogens (tertiary/aromatic N) is 2. The van der Waals surface area contributed by atoms with Crippen molar-refractivity contribution in [1.82, 2.24) is 14.5 Å². The number of nitrogens with one attached hydrogen (secondary N) is 1. The second-order valence-electron chi connectivity index (χ2n) is 5.91. The Morgan fingerprint density at radius 2 is 1.83 bits per heavy atom. The van der Waals surface area contributed by atoms with Crippen molar-refractivity contribution in [3.8, 4) is 0 Å². The minimum atomic E-state index is -3.50. The standard InChI is InChI=1S/C16H25N3O3S/c1-13-4-5-14(2)15(12-13)23(21,22)19-10-8-18(9-11-19)16(20)6-7-17-3/h4-5,12,17H,6-11H2,1-3H3. The molecule has 1 saturated heterocycles. The number of sulfonamides is 1. The molecule has 7 heteroatoms. The minimum Gasteiger partial charge on any atom is -0.340 e. The van der Waals surface area contributed by atoms with Gasteiger partial charge >= 0.3 is 0 Å². The smallest absolute Gasteiger partial charge is 0.243 e. The highest BCUT2D eigenvalue weighted by Gasteiger charge is 2.30. The van der Waals surface area contributed by atoms with E-state index in [1.54, 1.807) is 11.0 Å². The number of aryl methyl sites for hydroxylation is 2.